The fraction of sp³-hybridized carbons (Fsp3) is 0.267. The van der Waals surface area contributed by atoms with Gasteiger partial charge >= 0.3 is 0 Å². The topological polar surface area (TPSA) is 45.0 Å². The van der Waals surface area contributed by atoms with Gasteiger partial charge in [0.25, 0.3) is 0 Å². The minimum Gasteiger partial charge on any atom is -0.497 e. The van der Waals surface area contributed by atoms with Crippen molar-refractivity contribution in [1.82, 2.24) is 0 Å². The Hall–Kier alpha value is -1.99. The SMILES string of the molecule is COc1ccc(C#N)c(NC(C)c2ccc(C)s2)c1. The van der Waals surface area contributed by atoms with Crippen LogP contribution in [0.4, 0.5) is 5.69 Å². The van der Waals surface area contributed by atoms with E-state index in [-0.39, 0.29) is 6.04 Å². The zero-order valence-corrected chi connectivity index (χ0v) is 12.0. The fourth-order valence-corrected chi connectivity index (χ4v) is 2.74. The quantitative estimate of drug-likeness (QED) is 0.911. The van der Waals surface area contributed by atoms with Crippen LogP contribution in [0.15, 0.2) is 30.3 Å². The molecule has 19 heavy (non-hydrogen) atoms. The Bertz CT molecular complexity index is 613. The lowest BCUT2D eigenvalue weighted by molar-refractivity contribution is 0.415. The largest absolute Gasteiger partial charge is 0.497 e. The summed E-state index contributed by atoms with van der Waals surface area (Å²) in [5.41, 5.74) is 1.43. The second-order valence-corrected chi connectivity index (χ2v) is 5.66. The Morgan fingerprint density at radius 2 is 2.11 bits per heavy atom. The number of methoxy groups -OCH3 is 1. The van der Waals surface area contributed by atoms with Gasteiger partial charge in [0.2, 0.25) is 0 Å². The number of hydrogen-bond acceptors (Lipinski definition) is 4. The zero-order chi connectivity index (χ0) is 13.8. The first-order valence-electron chi connectivity index (χ1n) is 6.05. The number of thiophene rings is 1. The molecule has 3 nitrogen and oxygen atoms in total. The number of ether oxygens (including phenoxy) is 1. The molecule has 1 aromatic heterocycles. The maximum Gasteiger partial charge on any atom is 0.121 e. The van der Waals surface area contributed by atoms with Gasteiger partial charge in [-0.15, -0.1) is 11.3 Å². The first-order valence-corrected chi connectivity index (χ1v) is 6.86. The number of hydrogen-bond donors (Lipinski definition) is 1. The van der Waals surface area contributed by atoms with Crippen LogP contribution in [-0.2, 0) is 0 Å². The molecular weight excluding hydrogens is 256 g/mol. The van der Waals surface area contributed by atoms with E-state index in [0.717, 1.165) is 11.4 Å². The molecule has 0 aliphatic heterocycles. The van der Waals surface area contributed by atoms with E-state index in [1.807, 2.05) is 6.07 Å². The van der Waals surface area contributed by atoms with Crippen LogP contribution >= 0.6 is 11.3 Å². The van der Waals surface area contributed by atoms with E-state index in [1.165, 1.54) is 9.75 Å². The Kier molecular flexibility index (Phi) is 4.08. The van der Waals surface area contributed by atoms with E-state index in [4.69, 9.17) is 10.00 Å². The van der Waals surface area contributed by atoms with Gasteiger partial charge in [-0.25, -0.2) is 0 Å². The summed E-state index contributed by atoms with van der Waals surface area (Å²) < 4.78 is 5.20. The molecule has 4 heteroatoms. The molecule has 0 radical (unpaired) electrons. The minimum atomic E-state index is 0.165. The van der Waals surface area contributed by atoms with Gasteiger partial charge in [0, 0.05) is 15.8 Å². The minimum absolute atomic E-state index is 0.165. The molecule has 0 spiro atoms. The standard InChI is InChI=1S/C15H16N2OS/c1-10-4-7-15(19-10)11(2)17-14-8-13(18-3)6-5-12(14)9-16/h4-8,11,17H,1-3H3. The van der Waals surface area contributed by atoms with Gasteiger partial charge in [0.1, 0.15) is 11.8 Å². The number of aryl methyl sites for hydroxylation is 1. The van der Waals surface area contributed by atoms with Crippen LogP contribution in [0.1, 0.15) is 28.3 Å². The summed E-state index contributed by atoms with van der Waals surface area (Å²) in [6.45, 7) is 4.18. The van der Waals surface area contributed by atoms with Crippen molar-refractivity contribution in [2.45, 2.75) is 19.9 Å². The maximum absolute atomic E-state index is 9.14. The number of rotatable bonds is 4. The van der Waals surface area contributed by atoms with E-state index < -0.39 is 0 Å². The molecule has 2 aromatic rings. The highest BCUT2D eigenvalue weighted by Crippen LogP contribution is 2.29. The summed E-state index contributed by atoms with van der Waals surface area (Å²) in [4.78, 5) is 2.54. The lowest BCUT2D eigenvalue weighted by Crippen LogP contribution is -2.06. The number of nitrogens with one attached hydrogen (secondary N) is 1. The maximum atomic E-state index is 9.14. The van der Waals surface area contributed by atoms with Crippen molar-refractivity contribution in [1.29, 1.82) is 5.26 Å². The number of nitriles is 1. The Morgan fingerprint density at radius 1 is 1.32 bits per heavy atom. The molecular formula is C15H16N2OS. The molecule has 0 amide bonds. The fourth-order valence-electron chi connectivity index (χ4n) is 1.86. The normalized spacial score (nSPS) is 11.7. The van der Waals surface area contributed by atoms with E-state index in [2.05, 4.69) is 37.4 Å². The zero-order valence-electron chi connectivity index (χ0n) is 11.2. The number of benzene rings is 1. The van der Waals surface area contributed by atoms with Crippen LogP contribution in [0.3, 0.4) is 0 Å². The van der Waals surface area contributed by atoms with Crippen LogP contribution < -0.4 is 10.1 Å². The van der Waals surface area contributed by atoms with Gasteiger partial charge in [-0.1, -0.05) is 0 Å². The Morgan fingerprint density at radius 3 is 2.68 bits per heavy atom. The van der Waals surface area contributed by atoms with Crippen molar-refractivity contribution in [3.8, 4) is 11.8 Å². The van der Waals surface area contributed by atoms with E-state index in [1.54, 1.807) is 30.6 Å². The molecule has 1 unspecified atom stereocenters. The Balaban J connectivity index is 2.25. The van der Waals surface area contributed by atoms with Crippen LogP contribution in [0.2, 0.25) is 0 Å². The van der Waals surface area contributed by atoms with E-state index in [0.29, 0.717) is 5.56 Å². The molecule has 0 fully saturated rings. The van der Waals surface area contributed by atoms with Crippen LogP contribution in [0.25, 0.3) is 0 Å². The predicted molar refractivity (Wildman–Crippen MR) is 78.8 cm³/mol. The smallest absolute Gasteiger partial charge is 0.121 e. The molecule has 0 aliphatic carbocycles. The highest BCUT2D eigenvalue weighted by molar-refractivity contribution is 7.12. The lowest BCUT2D eigenvalue weighted by atomic mass is 10.1. The summed E-state index contributed by atoms with van der Waals surface area (Å²) in [5.74, 6) is 0.746. The number of anilines is 1. The second kappa shape index (κ2) is 5.77. The van der Waals surface area contributed by atoms with Crippen molar-refractivity contribution < 1.29 is 4.74 Å². The van der Waals surface area contributed by atoms with Gasteiger partial charge in [-0.3, -0.25) is 0 Å². The first-order chi connectivity index (χ1) is 9.13. The molecule has 0 aliphatic rings. The average molecular weight is 272 g/mol. The summed E-state index contributed by atoms with van der Waals surface area (Å²) in [6, 6.07) is 12.0. The third kappa shape index (κ3) is 3.07. The number of nitrogens with zero attached hydrogens (tertiary/aromatic N) is 1. The van der Waals surface area contributed by atoms with Crippen molar-refractivity contribution in [2.24, 2.45) is 0 Å². The van der Waals surface area contributed by atoms with Crippen molar-refractivity contribution in [3.05, 3.63) is 45.6 Å². The summed E-state index contributed by atoms with van der Waals surface area (Å²) in [5, 5.41) is 12.5. The van der Waals surface area contributed by atoms with Gasteiger partial charge < -0.3 is 10.1 Å². The van der Waals surface area contributed by atoms with Crippen LogP contribution in [0, 0.1) is 18.3 Å². The van der Waals surface area contributed by atoms with E-state index >= 15 is 0 Å². The second-order valence-electron chi connectivity index (χ2n) is 4.34. The lowest BCUT2D eigenvalue weighted by Gasteiger charge is -2.15. The summed E-state index contributed by atoms with van der Waals surface area (Å²) in [7, 11) is 1.62. The molecule has 0 bridgehead atoms. The van der Waals surface area contributed by atoms with Crippen LogP contribution in [-0.4, -0.2) is 7.11 Å². The molecule has 2 rings (SSSR count). The predicted octanol–water partition coefficient (Wildman–Crippen LogP) is 4.11. The molecule has 1 heterocycles. The van der Waals surface area contributed by atoms with Gasteiger partial charge in [0.15, 0.2) is 0 Å². The summed E-state index contributed by atoms with van der Waals surface area (Å²) >= 11 is 1.76. The molecule has 0 saturated carbocycles. The van der Waals surface area contributed by atoms with Crippen LogP contribution in [0.5, 0.6) is 5.75 Å². The highest BCUT2D eigenvalue weighted by Gasteiger charge is 2.11. The molecule has 1 N–H and O–H groups in total. The molecule has 1 atom stereocenters. The van der Waals surface area contributed by atoms with Crippen molar-refractivity contribution >= 4 is 17.0 Å². The van der Waals surface area contributed by atoms with Gasteiger partial charge in [-0.2, -0.15) is 5.26 Å². The molecule has 1 aromatic carbocycles. The summed E-state index contributed by atoms with van der Waals surface area (Å²) in [6.07, 6.45) is 0. The van der Waals surface area contributed by atoms with Gasteiger partial charge in [0.05, 0.1) is 24.4 Å². The van der Waals surface area contributed by atoms with E-state index in [9.17, 15) is 0 Å². The average Bonchev–Trinajstić information content (AvgIpc) is 2.85. The first kappa shape index (κ1) is 13.4. The monoisotopic (exact) mass is 272 g/mol. The van der Waals surface area contributed by atoms with Gasteiger partial charge in [-0.05, 0) is 38.1 Å². The van der Waals surface area contributed by atoms with Crippen molar-refractivity contribution in [3.63, 3.8) is 0 Å². The molecule has 0 saturated heterocycles. The third-order valence-electron chi connectivity index (χ3n) is 2.91. The Labute approximate surface area is 117 Å². The molecule has 98 valence electrons. The van der Waals surface area contributed by atoms with Crippen molar-refractivity contribution in [2.75, 3.05) is 12.4 Å². The highest BCUT2D eigenvalue weighted by atomic mass is 32.1. The third-order valence-corrected chi connectivity index (χ3v) is 4.09.